The van der Waals surface area contributed by atoms with Gasteiger partial charge in [-0.1, -0.05) is 0 Å². The second-order valence-corrected chi connectivity index (χ2v) is 9.77. The molecule has 2 aromatic rings. The van der Waals surface area contributed by atoms with E-state index in [0.717, 1.165) is 5.56 Å². The van der Waals surface area contributed by atoms with E-state index in [1.165, 1.54) is 11.2 Å². The van der Waals surface area contributed by atoms with Crippen molar-refractivity contribution in [2.45, 2.75) is 5.75 Å². The topological polar surface area (TPSA) is 114 Å². The van der Waals surface area contributed by atoms with Crippen molar-refractivity contribution in [2.24, 2.45) is 0 Å². The lowest BCUT2D eigenvalue weighted by atomic mass is 10.2. The Bertz CT molecular complexity index is 1020. The van der Waals surface area contributed by atoms with E-state index >= 15 is 0 Å². The number of rotatable bonds is 8. The van der Waals surface area contributed by atoms with E-state index in [1.807, 2.05) is 0 Å². The number of nitrogens with zero attached hydrogens (tertiary/aromatic N) is 4. The predicted octanol–water partition coefficient (Wildman–Crippen LogP) is 1.63. The quantitative estimate of drug-likeness (QED) is 0.628. The van der Waals surface area contributed by atoms with Crippen LogP contribution in [0.1, 0.15) is 5.69 Å². The fourth-order valence-electron chi connectivity index (χ4n) is 3.16. The van der Waals surface area contributed by atoms with Crippen LogP contribution < -0.4 is 10.2 Å². The maximum Gasteiger partial charge on any atom is 0.321 e. The Kier molecular flexibility index (Phi) is 7.99. The summed E-state index contributed by atoms with van der Waals surface area (Å²) in [5, 5.41) is 2.82. The standard InChI is InChI=1S/C21H29N5O5S/c1-25(8-11-30-2)21(27)23-17-6-4-16(5-7-17)20-22-18(15-32(3,28)29)14-19(24-20)26-9-12-31-13-10-26/h4-7,14H,8-13,15H2,1-3H3,(H,23,27). The summed E-state index contributed by atoms with van der Waals surface area (Å²) in [7, 11) is 0.0234. The third-order valence-electron chi connectivity index (χ3n) is 4.88. The van der Waals surface area contributed by atoms with E-state index in [4.69, 9.17) is 9.47 Å². The molecule has 2 heterocycles. The average Bonchev–Trinajstić information content (AvgIpc) is 2.77. The first-order valence-corrected chi connectivity index (χ1v) is 12.3. The molecule has 0 spiro atoms. The Hall–Kier alpha value is -2.76. The number of nitrogens with one attached hydrogen (secondary N) is 1. The zero-order valence-electron chi connectivity index (χ0n) is 18.6. The fourth-order valence-corrected chi connectivity index (χ4v) is 3.85. The average molecular weight is 464 g/mol. The minimum Gasteiger partial charge on any atom is -0.383 e. The number of benzene rings is 1. The molecule has 3 rings (SSSR count). The molecule has 32 heavy (non-hydrogen) atoms. The van der Waals surface area contributed by atoms with Gasteiger partial charge in [0.05, 0.1) is 31.3 Å². The Morgan fingerprint density at radius 3 is 2.53 bits per heavy atom. The second kappa shape index (κ2) is 10.7. The Morgan fingerprint density at radius 2 is 1.91 bits per heavy atom. The van der Waals surface area contributed by atoms with Gasteiger partial charge in [0, 0.05) is 57.4 Å². The molecule has 1 fully saturated rings. The number of carbonyl (C=O) groups excluding carboxylic acids is 1. The van der Waals surface area contributed by atoms with Crippen LogP contribution in [-0.2, 0) is 25.1 Å². The molecular weight excluding hydrogens is 434 g/mol. The molecule has 0 atom stereocenters. The molecule has 1 aromatic heterocycles. The van der Waals surface area contributed by atoms with Gasteiger partial charge in [-0.15, -0.1) is 0 Å². The largest absolute Gasteiger partial charge is 0.383 e. The van der Waals surface area contributed by atoms with Gasteiger partial charge in [0.15, 0.2) is 15.7 Å². The Morgan fingerprint density at radius 1 is 1.22 bits per heavy atom. The summed E-state index contributed by atoms with van der Waals surface area (Å²) in [5.74, 6) is 0.943. The van der Waals surface area contributed by atoms with Crippen LogP contribution in [0.25, 0.3) is 11.4 Å². The first kappa shape index (κ1) is 23.9. The minimum atomic E-state index is -3.25. The number of aromatic nitrogens is 2. The highest BCUT2D eigenvalue weighted by Crippen LogP contribution is 2.23. The third kappa shape index (κ3) is 6.87. The van der Waals surface area contributed by atoms with Crippen LogP contribution in [0.4, 0.5) is 16.3 Å². The molecule has 1 saturated heterocycles. The Labute approximate surface area is 188 Å². The van der Waals surface area contributed by atoms with Crippen molar-refractivity contribution < 1.29 is 22.7 Å². The minimum absolute atomic E-state index is 0.165. The van der Waals surface area contributed by atoms with E-state index in [-0.39, 0.29) is 11.8 Å². The van der Waals surface area contributed by atoms with Gasteiger partial charge >= 0.3 is 6.03 Å². The molecule has 2 amide bonds. The molecule has 1 aliphatic rings. The summed E-state index contributed by atoms with van der Waals surface area (Å²) in [4.78, 5) is 25.0. The van der Waals surface area contributed by atoms with E-state index in [1.54, 1.807) is 44.5 Å². The molecule has 0 bridgehead atoms. The highest BCUT2D eigenvalue weighted by molar-refractivity contribution is 7.89. The zero-order chi connectivity index (χ0) is 23.1. The number of ether oxygens (including phenoxy) is 2. The maximum absolute atomic E-state index is 12.2. The number of methoxy groups -OCH3 is 1. The van der Waals surface area contributed by atoms with Crippen molar-refractivity contribution in [3.05, 3.63) is 36.0 Å². The van der Waals surface area contributed by atoms with Gasteiger partial charge in [0.25, 0.3) is 0 Å². The number of carbonyl (C=O) groups is 1. The van der Waals surface area contributed by atoms with Gasteiger partial charge in [-0.3, -0.25) is 0 Å². The van der Waals surface area contributed by atoms with Crippen LogP contribution in [0, 0.1) is 0 Å². The molecule has 0 aliphatic carbocycles. The fraction of sp³-hybridized carbons (Fsp3) is 0.476. The number of anilines is 2. The van der Waals surface area contributed by atoms with Crippen molar-refractivity contribution in [1.29, 1.82) is 0 Å². The van der Waals surface area contributed by atoms with Crippen LogP contribution in [0.5, 0.6) is 0 Å². The SMILES string of the molecule is COCCN(C)C(=O)Nc1ccc(-c2nc(CS(C)(=O)=O)cc(N3CCOCC3)n2)cc1. The lowest BCUT2D eigenvalue weighted by molar-refractivity contribution is 0.122. The van der Waals surface area contributed by atoms with Crippen molar-refractivity contribution in [3.8, 4) is 11.4 Å². The molecule has 10 nitrogen and oxygen atoms in total. The predicted molar refractivity (Wildman–Crippen MR) is 123 cm³/mol. The van der Waals surface area contributed by atoms with Gasteiger partial charge in [0.1, 0.15) is 5.82 Å². The third-order valence-corrected chi connectivity index (χ3v) is 5.70. The molecule has 174 valence electrons. The first-order valence-electron chi connectivity index (χ1n) is 10.2. The molecule has 1 aromatic carbocycles. The van der Waals surface area contributed by atoms with Crippen LogP contribution in [-0.4, -0.2) is 89.2 Å². The lowest BCUT2D eigenvalue weighted by Gasteiger charge is -2.28. The van der Waals surface area contributed by atoms with E-state index < -0.39 is 9.84 Å². The van der Waals surface area contributed by atoms with Crippen LogP contribution in [0.3, 0.4) is 0 Å². The van der Waals surface area contributed by atoms with Crippen molar-refractivity contribution in [3.63, 3.8) is 0 Å². The first-order chi connectivity index (χ1) is 15.2. The van der Waals surface area contributed by atoms with Gasteiger partial charge in [-0.2, -0.15) is 0 Å². The smallest absolute Gasteiger partial charge is 0.321 e. The second-order valence-electron chi connectivity index (χ2n) is 7.63. The van der Waals surface area contributed by atoms with Crippen LogP contribution in [0.15, 0.2) is 30.3 Å². The van der Waals surface area contributed by atoms with Gasteiger partial charge in [-0.05, 0) is 24.3 Å². The Balaban J connectivity index is 1.82. The molecule has 1 N–H and O–H groups in total. The summed E-state index contributed by atoms with van der Waals surface area (Å²) >= 11 is 0. The summed E-state index contributed by atoms with van der Waals surface area (Å²) in [5.41, 5.74) is 1.79. The number of hydrogen-bond acceptors (Lipinski definition) is 8. The summed E-state index contributed by atoms with van der Waals surface area (Å²) in [6, 6.07) is 8.61. The van der Waals surface area contributed by atoms with Crippen molar-refractivity contribution >= 4 is 27.4 Å². The number of hydrogen-bond donors (Lipinski definition) is 1. The molecule has 1 aliphatic heterocycles. The summed E-state index contributed by atoms with van der Waals surface area (Å²) < 4.78 is 34.1. The molecule has 0 radical (unpaired) electrons. The molecule has 11 heteroatoms. The highest BCUT2D eigenvalue weighted by Gasteiger charge is 2.18. The lowest BCUT2D eigenvalue weighted by Crippen LogP contribution is -2.37. The van der Waals surface area contributed by atoms with E-state index in [0.29, 0.717) is 62.5 Å². The highest BCUT2D eigenvalue weighted by atomic mass is 32.2. The zero-order valence-corrected chi connectivity index (χ0v) is 19.4. The van der Waals surface area contributed by atoms with Gasteiger partial charge < -0.3 is 24.6 Å². The van der Waals surface area contributed by atoms with E-state index in [2.05, 4.69) is 20.2 Å². The van der Waals surface area contributed by atoms with Crippen molar-refractivity contribution in [2.75, 3.05) is 70.1 Å². The molecule has 0 saturated carbocycles. The van der Waals surface area contributed by atoms with Crippen molar-refractivity contribution in [1.82, 2.24) is 14.9 Å². The number of sulfone groups is 1. The van der Waals surface area contributed by atoms with Gasteiger partial charge in [-0.25, -0.2) is 23.2 Å². The number of likely N-dealkylation sites (N-methyl/N-ethyl adjacent to an activating group) is 1. The van der Waals surface area contributed by atoms with Gasteiger partial charge in [0.2, 0.25) is 0 Å². The van der Waals surface area contributed by atoms with E-state index in [9.17, 15) is 13.2 Å². The molecule has 0 unspecified atom stereocenters. The maximum atomic E-state index is 12.2. The monoisotopic (exact) mass is 463 g/mol. The molecular formula is C21H29N5O5S. The van der Waals surface area contributed by atoms with Crippen LogP contribution in [0.2, 0.25) is 0 Å². The summed E-state index contributed by atoms with van der Waals surface area (Å²) in [6.45, 7) is 3.47. The van der Waals surface area contributed by atoms with Crippen LogP contribution >= 0.6 is 0 Å². The number of urea groups is 1. The normalized spacial score (nSPS) is 14.3. The summed E-state index contributed by atoms with van der Waals surface area (Å²) in [6.07, 6.45) is 1.18. The number of morpholine rings is 1. The number of amides is 2.